The van der Waals surface area contributed by atoms with E-state index in [1.54, 1.807) is 6.20 Å². The second-order valence-electron chi connectivity index (χ2n) is 4.20. The van der Waals surface area contributed by atoms with Crippen LogP contribution in [0.4, 0.5) is 0 Å². The lowest BCUT2D eigenvalue weighted by Crippen LogP contribution is -2.31. The average molecular weight is 230 g/mol. The largest absolute Gasteiger partial charge is 0.395 e. The van der Waals surface area contributed by atoms with Gasteiger partial charge in [0.1, 0.15) is 0 Å². The van der Waals surface area contributed by atoms with Crippen LogP contribution < -0.4 is 5.32 Å². The maximum Gasteiger partial charge on any atom is 0.0702 e. The molecule has 1 heterocycles. The summed E-state index contributed by atoms with van der Waals surface area (Å²) in [5.41, 5.74) is 2.24. The van der Waals surface area contributed by atoms with Crippen molar-refractivity contribution in [2.75, 3.05) is 6.61 Å². The van der Waals surface area contributed by atoms with Crippen LogP contribution in [0.1, 0.15) is 18.9 Å². The second kappa shape index (κ2) is 5.75. The molecule has 3 heteroatoms. The lowest BCUT2D eigenvalue weighted by atomic mass is 10.1. The first kappa shape index (κ1) is 12.0. The first-order valence-electron chi connectivity index (χ1n) is 6.01. The topological polar surface area (TPSA) is 45.1 Å². The van der Waals surface area contributed by atoms with Gasteiger partial charge >= 0.3 is 0 Å². The van der Waals surface area contributed by atoms with Crippen molar-refractivity contribution in [1.29, 1.82) is 0 Å². The smallest absolute Gasteiger partial charge is 0.0702 e. The van der Waals surface area contributed by atoms with Gasteiger partial charge in [-0.3, -0.25) is 4.98 Å². The van der Waals surface area contributed by atoms with Crippen molar-refractivity contribution >= 4 is 10.9 Å². The van der Waals surface area contributed by atoms with E-state index < -0.39 is 0 Å². The van der Waals surface area contributed by atoms with Gasteiger partial charge in [-0.25, -0.2) is 0 Å². The van der Waals surface area contributed by atoms with E-state index >= 15 is 0 Å². The summed E-state index contributed by atoms with van der Waals surface area (Å²) in [5, 5.41) is 13.6. The molecule has 1 aromatic heterocycles. The first-order chi connectivity index (χ1) is 8.33. The maximum absolute atomic E-state index is 9.10. The summed E-state index contributed by atoms with van der Waals surface area (Å²) >= 11 is 0. The molecule has 0 bridgehead atoms. The van der Waals surface area contributed by atoms with E-state index in [9.17, 15) is 0 Å². The summed E-state index contributed by atoms with van der Waals surface area (Å²) in [6.45, 7) is 3.04. The quantitative estimate of drug-likeness (QED) is 0.826. The fourth-order valence-corrected chi connectivity index (χ4v) is 1.84. The van der Waals surface area contributed by atoms with Gasteiger partial charge in [-0.2, -0.15) is 0 Å². The molecule has 0 unspecified atom stereocenters. The highest BCUT2D eigenvalue weighted by Crippen LogP contribution is 2.13. The molecule has 0 aliphatic carbocycles. The number of nitrogens with zero attached hydrogens (tertiary/aromatic N) is 1. The number of aliphatic hydroxyl groups is 1. The number of fused-ring (bicyclic) bond motifs is 1. The van der Waals surface area contributed by atoms with Crippen LogP contribution in [0.5, 0.6) is 0 Å². The lowest BCUT2D eigenvalue weighted by Gasteiger charge is -2.14. The van der Waals surface area contributed by atoms with Gasteiger partial charge in [0.2, 0.25) is 0 Å². The molecule has 0 fully saturated rings. The number of hydrogen-bond acceptors (Lipinski definition) is 3. The third-order valence-corrected chi connectivity index (χ3v) is 2.98. The van der Waals surface area contributed by atoms with Gasteiger partial charge in [0.05, 0.1) is 12.1 Å². The molecule has 0 aliphatic rings. The van der Waals surface area contributed by atoms with Crippen LogP contribution in [-0.2, 0) is 6.54 Å². The summed E-state index contributed by atoms with van der Waals surface area (Å²) in [6, 6.07) is 10.4. The number of aromatic nitrogens is 1. The van der Waals surface area contributed by atoms with E-state index in [2.05, 4.69) is 35.4 Å². The number of hydrogen-bond donors (Lipinski definition) is 2. The number of aliphatic hydroxyl groups excluding tert-OH is 1. The highest BCUT2D eigenvalue weighted by Gasteiger charge is 2.03. The van der Waals surface area contributed by atoms with Gasteiger partial charge in [0.25, 0.3) is 0 Å². The maximum atomic E-state index is 9.10. The Morgan fingerprint density at radius 3 is 3.00 bits per heavy atom. The van der Waals surface area contributed by atoms with Gasteiger partial charge in [-0.1, -0.05) is 19.1 Å². The Hall–Kier alpha value is -1.45. The van der Waals surface area contributed by atoms with E-state index in [-0.39, 0.29) is 12.6 Å². The summed E-state index contributed by atoms with van der Waals surface area (Å²) in [5.74, 6) is 0. The van der Waals surface area contributed by atoms with Crippen molar-refractivity contribution in [2.24, 2.45) is 0 Å². The molecule has 17 heavy (non-hydrogen) atoms. The third kappa shape index (κ3) is 3.02. The van der Waals surface area contributed by atoms with Crippen molar-refractivity contribution < 1.29 is 5.11 Å². The Morgan fingerprint density at radius 1 is 1.35 bits per heavy atom. The minimum atomic E-state index is 0.180. The molecular weight excluding hydrogens is 212 g/mol. The molecule has 90 valence electrons. The van der Waals surface area contributed by atoms with Crippen LogP contribution in [0.3, 0.4) is 0 Å². The van der Waals surface area contributed by atoms with Crippen LogP contribution in [0.15, 0.2) is 36.5 Å². The van der Waals surface area contributed by atoms with Crippen molar-refractivity contribution in [2.45, 2.75) is 25.9 Å². The molecule has 0 saturated heterocycles. The van der Waals surface area contributed by atoms with E-state index in [1.807, 2.05) is 12.1 Å². The molecule has 2 rings (SSSR count). The molecular formula is C14H18N2O. The second-order valence-corrected chi connectivity index (χ2v) is 4.20. The summed E-state index contributed by atoms with van der Waals surface area (Å²) in [4.78, 5) is 4.29. The Balaban J connectivity index is 2.09. The van der Waals surface area contributed by atoms with E-state index in [4.69, 9.17) is 5.11 Å². The predicted octanol–water partition coefficient (Wildman–Crippen LogP) is 2.10. The lowest BCUT2D eigenvalue weighted by molar-refractivity contribution is 0.238. The minimum absolute atomic E-state index is 0.180. The Labute approximate surface area is 102 Å². The molecule has 1 aromatic carbocycles. The van der Waals surface area contributed by atoms with Gasteiger partial charge in [-0.05, 0) is 30.2 Å². The van der Waals surface area contributed by atoms with Gasteiger partial charge in [-0.15, -0.1) is 0 Å². The van der Waals surface area contributed by atoms with Gasteiger partial charge in [0, 0.05) is 24.2 Å². The monoisotopic (exact) mass is 230 g/mol. The Bertz CT molecular complexity index is 480. The molecule has 1 atom stereocenters. The third-order valence-electron chi connectivity index (χ3n) is 2.98. The van der Waals surface area contributed by atoms with Crippen LogP contribution in [-0.4, -0.2) is 22.7 Å². The standard InChI is InChI=1S/C14H18N2O/c1-2-13(10-17)16-9-11-5-6-14-12(8-11)4-3-7-15-14/h3-8,13,16-17H,2,9-10H2,1H3/t13-/m0/s1. The fourth-order valence-electron chi connectivity index (χ4n) is 1.84. The number of pyridine rings is 1. The first-order valence-corrected chi connectivity index (χ1v) is 6.01. The predicted molar refractivity (Wildman–Crippen MR) is 69.7 cm³/mol. The van der Waals surface area contributed by atoms with Crippen molar-refractivity contribution in [3.8, 4) is 0 Å². The van der Waals surface area contributed by atoms with Crippen LogP contribution in [0.25, 0.3) is 10.9 Å². The summed E-state index contributed by atoms with van der Waals surface area (Å²) in [6.07, 6.45) is 2.74. The van der Waals surface area contributed by atoms with Gasteiger partial charge < -0.3 is 10.4 Å². The zero-order valence-corrected chi connectivity index (χ0v) is 10.1. The van der Waals surface area contributed by atoms with Gasteiger partial charge in [0.15, 0.2) is 0 Å². The highest BCUT2D eigenvalue weighted by atomic mass is 16.3. The molecule has 0 saturated carbocycles. The van der Waals surface area contributed by atoms with Crippen molar-refractivity contribution in [1.82, 2.24) is 10.3 Å². The Morgan fingerprint density at radius 2 is 2.24 bits per heavy atom. The molecule has 0 radical (unpaired) electrons. The highest BCUT2D eigenvalue weighted by molar-refractivity contribution is 5.78. The fraction of sp³-hybridized carbons (Fsp3) is 0.357. The SMILES string of the molecule is CC[C@@H](CO)NCc1ccc2ncccc2c1. The number of benzene rings is 1. The van der Waals surface area contributed by atoms with Crippen LogP contribution >= 0.6 is 0 Å². The summed E-state index contributed by atoms with van der Waals surface area (Å²) in [7, 11) is 0. The molecule has 2 aromatic rings. The molecule has 2 N–H and O–H groups in total. The van der Waals surface area contributed by atoms with Crippen LogP contribution in [0.2, 0.25) is 0 Å². The summed E-state index contributed by atoms with van der Waals surface area (Å²) < 4.78 is 0. The zero-order chi connectivity index (χ0) is 12.1. The average Bonchev–Trinajstić information content (AvgIpc) is 2.40. The zero-order valence-electron chi connectivity index (χ0n) is 10.1. The van der Waals surface area contributed by atoms with Crippen LogP contribution in [0, 0.1) is 0 Å². The molecule has 0 amide bonds. The minimum Gasteiger partial charge on any atom is -0.395 e. The number of rotatable bonds is 5. The number of nitrogens with one attached hydrogen (secondary N) is 1. The van der Waals surface area contributed by atoms with E-state index in [1.165, 1.54) is 5.56 Å². The van der Waals surface area contributed by atoms with E-state index in [0.29, 0.717) is 0 Å². The van der Waals surface area contributed by atoms with E-state index in [0.717, 1.165) is 23.9 Å². The Kier molecular flexibility index (Phi) is 4.07. The molecule has 0 spiro atoms. The molecule has 3 nitrogen and oxygen atoms in total. The normalized spacial score (nSPS) is 12.8. The van der Waals surface area contributed by atoms with Crippen molar-refractivity contribution in [3.63, 3.8) is 0 Å². The molecule has 0 aliphatic heterocycles. The van der Waals surface area contributed by atoms with Crippen molar-refractivity contribution in [3.05, 3.63) is 42.1 Å².